The number of para-hydroxylation sites is 1. The van der Waals surface area contributed by atoms with Crippen molar-refractivity contribution in [3.8, 4) is 0 Å². The molecule has 1 heterocycles. The lowest BCUT2D eigenvalue weighted by Gasteiger charge is -2.36. The van der Waals surface area contributed by atoms with Gasteiger partial charge in [0.2, 0.25) is 11.8 Å². The topological polar surface area (TPSA) is 52.7 Å². The summed E-state index contributed by atoms with van der Waals surface area (Å²) in [5, 5.41) is 2.84. The molecular weight excluding hydrogens is 394 g/mol. The molecule has 0 aliphatic carbocycles. The Morgan fingerprint density at radius 2 is 1.83 bits per heavy atom. The Hall–Kier alpha value is -2.31. The SMILES string of the molecule is CC(=O)Nc1ccccc1SCC(=O)N1CCCCC1c1ccc(CN(C)C)cc1. The van der Waals surface area contributed by atoms with Gasteiger partial charge in [0.15, 0.2) is 0 Å². The minimum absolute atomic E-state index is 0.108. The Kier molecular flexibility index (Phi) is 7.94. The van der Waals surface area contributed by atoms with E-state index in [9.17, 15) is 9.59 Å². The van der Waals surface area contributed by atoms with Crippen molar-refractivity contribution >= 4 is 29.3 Å². The van der Waals surface area contributed by atoms with E-state index in [0.29, 0.717) is 5.75 Å². The number of thioether (sulfide) groups is 1. The largest absolute Gasteiger partial charge is 0.335 e. The highest BCUT2D eigenvalue weighted by Crippen LogP contribution is 2.33. The van der Waals surface area contributed by atoms with Crippen molar-refractivity contribution in [2.75, 3.05) is 31.7 Å². The summed E-state index contributed by atoms with van der Waals surface area (Å²) in [5.74, 6) is 0.411. The summed E-state index contributed by atoms with van der Waals surface area (Å²) in [6.45, 7) is 3.21. The van der Waals surface area contributed by atoms with E-state index >= 15 is 0 Å². The number of hydrogen-bond acceptors (Lipinski definition) is 4. The minimum Gasteiger partial charge on any atom is -0.335 e. The lowest BCUT2D eigenvalue weighted by Crippen LogP contribution is -2.39. The number of nitrogens with one attached hydrogen (secondary N) is 1. The second kappa shape index (κ2) is 10.6. The molecule has 30 heavy (non-hydrogen) atoms. The Morgan fingerprint density at radius 3 is 2.53 bits per heavy atom. The van der Waals surface area contributed by atoms with Gasteiger partial charge in [-0.2, -0.15) is 0 Å². The molecule has 1 fully saturated rings. The summed E-state index contributed by atoms with van der Waals surface area (Å²) in [6.07, 6.45) is 3.20. The van der Waals surface area contributed by atoms with E-state index < -0.39 is 0 Å². The Balaban J connectivity index is 1.67. The van der Waals surface area contributed by atoms with Gasteiger partial charge in [-0.15, -0.1) is 11.8 Å². The number of benzene rings is 2. The van der Waals surface area contributed by atoms with Crippen molar-refractivity contribution in [2.45, 2.75) is 43.7 Å². The van der Waals surface area contributed by atoms with E-state index in [1.165, 1.54) is 29.8 Å². The van der Waals surface area contributed by atoms with E-state index in [4.69, 9.17) is 0 Å². The fraction of sp³-hybridized carbons (Fsp3) is 0.417. The van der Waals surface area contributed by atoms with Crippen molar-refractivity contribution in [1.82, 2.24) is 9.80 Å². The zero-order valence-electron chi connectivity index (χ0n) is 18.1. The van der Waals surface area contributed by atoms with Crippen molar-refractivity contribution in [3.05, 3.63) is 59.7 Å². The standard InChI is InChI=1S/C24H31N3O2S/c1-18(28)25-21-8-4-5-10-23(21)30-17-24(29)27-15-7-6-9-22(27)20-13-11-19(12-14-20)16-26(2)3/h4-5,8,10-14,22H,6-7,9,15-17H2,1-3H3,(H,25,28). The van der Waals surface area contributed by atoms with E-state index in [2.05, 4.69) is 48.6 Å². The molecule has 1 unspecified atom stereocenters. The predicted octanol–water partition coefficient (Wildman–Crippen LogP) is 4.55. The quantitative estimate of drug-likeness (QED) is 0.661. The van der Waals surface area contributed by atoms with Crippen LogP contribution in [0.4, 0.5) is 5.69 Å². The Bertz CT molecular complexity index is 867. The lowest BCUT2D eigenvalue weighted by molar-refractivity contribution is -0.132. The third kappa shape index (κ3) is 6.09. The van der Waals surface area contributed by atoms with Gasteiger partial charge >= 0.3 is 0 Å². The molecule has 0 bridgehead atoms. The maximum atomic E-state index is 13.1. The molecule has 5 nitrogen and oxygen atoms in total. The maximum Gasteiger partial charge on any atom is 0.233 e. The maximum absolute atomic E-state index is 13.1. The number of piperidine rings is 1. The Morgan fingerprint density at radius 1 is 1.10 bits per heavy atom. The van der Waals surface area contributed by atoms with Crippen molar-refractivity contribution in [1.29, 1.82) is 0 Å². The van der Waals surface area contributed by atoms with E-state index in [0.717, 1.165) is 42.9 Å². The van der Waals surface area contributed by atoms with Gasteiger partial charge in [0.25, 0.3) is 0 Å². The van der Waals surface area contributed by atoms with Gasteiger partial charge in [-0.05, 0) is 56.6 Å². The number of likely N-dealkylation sites (tertiary alicyclic amines) is 1. The van der Waals surface area contributed by atoms with E-state index in [-0.39, 0.29) is 17.9 Å². The highest BCUT2D eigenvalue weighted by Gasteiger charge is 2.28. The van der Waals surface area contributed by atoms with Crippen LogP contribution in [0.5, 0.6) is 0 Å². The number of nitrogens with zero attached hydrogens (tertiary/aromatic N) is 2. The third-order valence-corrected chi connectivity index (χ3v) is 6.29. The summed E-state index contributed by atoms with van der Waals surface area (Å²) in [6, 6.07) is 16.5. The molecule has 1 aliphatic heterocycles. The summed E-state index contributed by atoms with van der Waals surface area (Å²) in [7, 11) is 4.13. The second-order valence-corrected chi connectivity index (χ2v) is 9.06. The molecule has 1 saturated heterocycles. The number of anilines is 1. The van der Waals surface area contributed by atoms with E-state index in [1.54, 1.807) is 0 Å². The first-order valence-corrected chi connectivity index (χ1v) is 11.4. The van der Waals surface area contributed by atoms with Crippen molar-refractivity contribution < 1.29 is 9.59 Å². The fourth-order valence-corrected chi connectivity index (χ4v) is 4.79. The number of rotatable bonds is 7. The molecule has 2 aromatic rings. The molecule has 6 heteroatoms. The summed E-state index contributed by atoms with van der Waals surface area (Å²) in [4.78, 5) is 29.7. The van der Waals surface area contributed by atoms with Crippen molar-refractivity contribution in [2.24, 2.45) is 0 Å². The van der Waals surface area contributed by atoms with Crippen LogP contribution in [-0.4, -0.2) is 48.0 Å². The summed E-state index contributed by atoms with van der Waals surface area (Å²) >= 11 is 1.49. The van der Waals surface area contributed by atoms with Crippen LogP contribution < -0.4 is 5.32 Å². The second-order valence-electron chi connectivity index (χ2n) is 8.04. The van der Waals surface area contributed by atoms with Crippen LogP contribution in [0.25, 0.3) is 0 Å². The Labute approximate surface area is 183 Å². The van der Waals surface area contributed by atoms with Gasteiger partial charge in [-0.3, -0.25) is 9.59 Å². The smallest absolute Gasteiger partial charge is 0.233 e. The number of hydrogen-bond donors (Lipinski definition) is 1. The summed E-state index contributed by atoms with van der Waals surface area (Å²) < 4.78 is 0. The number of amides is 2. The molecule has 0 spiro atoms. The van der Waals surface area contributed by atoms with Gasteiger partial charge in [0.1, 0.15) is 0 Å². The first-order chi connectivity index (χ1) is 14.4. The van der Waals surface area contributed by atoms with Gasteiger partial charge in [0.05, 0.1) is 17.5 Å². The molecule has 0 saturated carbocycles. The van der Waals surface area contributed by atoms with Crippen molar-refractivity contribution in [3.63, 3.8) is 0 Å². The van der Waals surface area contributed by atoms with Gasteiger partial charge in [-0.1, -0.05) is 36.4 Å². The minimum atomic E-state index is -0.108. The van der Waals surface area contributed by atoms with Gasteiger partial charge in [0, 0.05) is 24.9 Å². The fourth-order valence-electron chi connectivity index (χ4n) is 3.89. The summed E-state index contributed by atoms with van der Waals surface area (Å²) in [5.41, 5.74) is 3.26. The zero-order valence-corrected chi connectivity index (χ0v) is 18.9. The number of carbonyl (C=O) groups is 2. The zero-order chi connectivity index (χ0) is 21.5. The molecule has 1 N–H and O–H groups in total. The molecule has 2 amide bonds. The van der Waals surface area contributed by atoms with Crippen LogP contribution in [0.2, 0.25) is 0 Å². The molecule has 2 aromatic carbocycles. The molecule has 1 aliphatic rings. The van der Waals surface area contributed by atoms with Crippen LogP contribution in [-0.2, 0) is 16.1 Å². The average molecular weight is 426 g/mol. The lowest BCUT2D eigenvalue weighted by atomic mass is 9.94. The molecule has 1 atom stereocenters. The monoisotopic (exact) mass is 425 g/mol. The number of carbonyl (C=O) groups excluding carboxylic acids is 2. The van der Waals surface area contributed by atoms with Gasteiger partial charge < -0.3 is 15.1 Å². The molecule has 0 radical (unpaired) electrons. The van der Waals surface area contributed by atoms with Crippen LogP contribution in [0.15, 0.2) is 53.4 Å². The highest BCUT2D eigenvalue weighted by atomic mass is 32.2. The van der Waals surface area contributed by atoms with Crippen LogP contribution >= 0.6 is 11.8 Å². The highest BCUT2D eigenvalue weighted by molar-refractivity contribution is 8.00. The van der Waals surface area contributed by atoms with Gasteiger partial charge in [-0.25, -0.2) is 0 Å². The van der Waals surface area contributed by atoms with E-state index in [1.807, 2.05) is 29.2 Å². The average Bonchev–Trinajstić information content (AvgIpc) is 2.73. The molecule has 160 valence electrons. The van der Waals surface area contributed by atoms with Crippen LogP contribution in [0, 0.1) is 0 Å². The molecular formula is C24H31N3O2S. The van der Waals surface area contributed by atoms with Crippen LogP contribution in [0.3, 0.4) is 0 Å². The normalized spacial score (nSPS) is 16.5. The molecule has 0 aromatic heterocycles. The first kappa shape index (κ1) is 22.4. The third-order valence-electron chi connectivity index (χ3n) is 5.24. The molecule has 3 rings (SSSR count). The van der Waals surface area contributed by atoms with Crippen LogP contribution in [0.1, 0.15) is 43.4 Å². The first-order valence-electron chi connectivity index (χ1n) is 10.5. The predicted molar refractivity (Wildman–Crippen MR) is 124 cm³/mol.